The average molecular weight is 495 g/mol. The van der Waals surface area contributed by atoms with Crippen LogP contribution in [-0.2, 0) is 14.3 Å². The summed E-state index contributed by atoms with van der Waals surface area (Å²) in [6, 6.07) is 10.1. The first-order chi connectivity index (χ1) is 17.4. The maximum Gasteiger partial charge on any atom is 0.295 e. The number of hydrogen-bond donors (Lipinski definition) is 1. The molecule has 2 saturated heterocycles. The lowest BCUT2D eigenvalue weighted by molar-refractivity contribution is -0.140. The lowest BCUT2D eigenvalue weighted by Crippen LogP contribution is -2.39. The van der Waals surface area contributed by atoms with Crippen molar-refractivity contribution in [3.8, 4) is 5.75 Å². The normalized spacial score (nSPS) is 20.1. The fourth-order valence-corrected chi connectivity index (χ4v) is 4.71. The molecule has 1 atom stereocenters. The quantitative estimate of drug-likeness (QED) is 0.247. The summed E-state index contributed by atoms with van der Waals surface area (Å²) in [5.74, 6) is -1.85. The van der Waals surface area contributed by atoms with Gasteiger partial charge in [0.2, 0.25) is 0 Å². The van der Waals surface area contributed by atoms with Crippen LogP contribution in [0.15, 0.2) is 60.7 Å². The molecule has 2 heterocycles. The van der Waals surface area contributed by atoms with E-state index in [0.29, 0.717) is 43.1 Å². The number of benzene rings is 2. The Balaban J connectivity index is 1.69. The Morgan fingerprint density at radius 1 is 1.19 bits per heavy atom. The average Bonchev–Trinajstić information content (AvgIpc) is 3.13. The molecule has 1 N–H and O–H groups in total. The van der Waals surface area contributed by atoms with Crippen LogP contribution in [0, 0.1) is 12.7 Å². The van der Waals surface area contributed by atoms with Gasteiger partial charge in [-0.25, -0.2) is 4.39 Å². The van der Waals surface area contributed by atoms with E-state index in [1.807, 2.05) is 0 Å². The SMILES string of the molecule is C=CCOc1ccc(C(O)=C2C(=O)C(=O)N(CCCN3CCOCC3)[C@H]2c2ccccc2F)c(C)c1. The zero-order valence-corrected chi connectivity index (χ0v) is 20.4. The van der Waals surface area contributed by atoms with Crippen LogP contribution in [0.25, 0.3) is 5.76 Å². The van der Waals surface area contributed by atoms with Gasteiger partial charge in [0.15, 0.2) is 0 Å². The smallest absolute Gasteiger partial charge is 0.295 e. The molecule has 2 fully saturated rings. The molecule has 2 aromatic rings. The van der Waals surface area contributed by atoms with E-state index in [0.717, 1.165) is 19.6 Å². The van der Waals surface area contributed by atoms with Crippen molar-refractivity contribution in [2.75, 3.05) is 46.0 Å². The van der Waals surface area contributed by atoms with Gasteiger partial charge in [-0.1, -0.05) is 30.9 Å². The van der Waals surface area contributed by atoms with Crippen molar-refractivity contribution < 1.29 is 28.6 Å². The van der Waals surface area contributed by atoms with Crippen molar-refractivity contribution >= 4 is 17.4 Å². The molecule has 8 heteroatoms. The number of nitrogens with zero attached hydrogens (tertiary/aromatic N) is 2. The molecule has 4 rings (SSSR count). The van der Waals surface area contributed by atoms with Gasteiger partial charge in [0.05, 0.1) is 24.8 Å². The zero-order chi connectivity index (χ0) is 25.7. The predicted molar refractivity (Wildman–Crippen MR) is 134 cm³/mol. The topological polar surface area (TPSA) is 79.3 Å². The molecule has 0 bridgehead atoms. The van der Waals surface area contributed by atoms with E-state index in [9.17, 15) is 19.1 Å². The third kappa shape index (κ3) is 5.34. The first-order valence-electron chi connectivity index (χ1n) is 12.1. The number of hydrogen-bond acceptors (Lipinski definition) is 6. The van der Waals surface area contributed by atoms with Crippen molar-refractivity contribution in [2.45, 2.75) is 19.4 Å². The minimum absolute atomic E-state index is 0.112. The number of likely N-dealkylation sites (tertiary alicyclic amines) is 1. The van der Waals surface area contributed by atoms with Crippen LogP contribution in [0.2, 0.25) is 0 Å². The number of Topliss-reactive ketones (excluding diaryl/α,β-unsaturated/α-hetero) is 1. The highest BCUT2D eigenvalue weighted by Gasteiger charge is 2.46. The van der Waals surface area contributed by atoms with Crippen LogP contribution in [0.4, 0.5) is 4.39 Å². The van der Waals surface area contributed by atoms with E-state index < -0.39 is 23.5 Å². The third-order valence-electron chi connectivity index (χ3n) is 6.54. The van der Waals surface area contributed by atoms with Gasteiger partial charge in [0.25, 0.3) is 11.7 Å². The number of ether oxygens (including phenoxy) is 2. The molecule has 36 heavy (non-hydrogen) atoms. The van der Waals surface area contributed by atoms with Gasteiger partial charge >= 0.3 is 0 Å². The maximum absolute atomic E-state index is 15.0. The van der Waals surface area contributed by atoms with E-state index in [4.69, 9.17) is 9.47 Å². The molecule has 0 aliphatic carbocycles. The Kier molecular flexibility index (Phi) is 8.18. The van der Waals surface area contributed by atoms with Crippen LogP contribution in [-0.4, -0.2) is 72.6 Å². The van der Waals surface area contributed by atoms with E-state index >= 15 is 0 Å². The van der Waals surface area contributed by atoms with Gasteiger partial charge in [0, 0.05) is 37.3 Å². The number of carbonyl (C=O) groups excluding carboxylic acids is 2. The highest BCUT2D eigenvalue weighted by atomic mass is 19.1. The number of halogens is 1. The number of morpholine rings is 1. The van der Waals surface area contributed by atoms with Crippen LogP contribution < -0.4 is 4.74 Å². The second-order valence-corrected chi connectivity index (χ2v) is 8.90. The second-order valence-electron chi connectivity index (χ2n) is 8.90. The lowest BCUT2D eigenvalue weighted by Gasteiger charge is -2.29. The van der Waals surface area contributed by atoms with E-state index in [2.05, 4.69) is 11.5 Å². The second kappa shape index (κ2) is 11.5. The van der Waals surface area contributed by atoms with E-state index in [1.54, 1.807) is 49.4 Å². The summed E-state index contributed by atoms with van der Waals surface area (Å²) in [6.45, 7) is 9.64. The van der Waals surface area contributed by atoms with Crippen molar-refractivity contribution in [1.29, 1.82) is 0 Å². The molecule has 0 radical (unpaired) electrons. The fourth-order valence-electron chi connectivity index (χ4n) is 4.71. The first-order valence-corrected chi connectivity index (χ1v) is 12.1. The molecule has 0 aromatic heterocycles. The number of ketones is 1. The van der Waals surface area contributed by atoms with Gasteiger partial charge in [-0.05, 0) is 43.2 Å². The molecule has 0 saturated carbocycles. The summed E-state index contributed by atoms with van der Waals surface area (Å²) in [5, 5.41) is 11.3. The Hall–Kier alpha value is -3.49. The summed E-state index contributed by atoms with van der Waals surface area (Å²) in [6.07, 6.45) is 2.23. The summed E-state index contributed by atoms with van der Waals surface area (Å²) in [7, 11) is 0. The van der Waals surface area contributed by atoms with Crippen molar-refractivity contribution in [3.05, 3.63) is 83.2 Å². The van der Waals surface area contributed by atoms with Gasteiger partial charge in [-0.2, -0.15) is 0 Å². The molecule has 0 unspecified atom stereocenters. The lowest BCUT2D eigenvalue weighted by atomic mass is 9.93. The number of aryl methyl sites for hydroxylation is 1. The number of aliphatic hydroxyl groups is 1. The number of rotatable bonds is 9. The van der Waals surface area contributed by atoms with Crippen LogP contribution in [0.5, 0.6) is 5.75 Å². The van der Waals surface area contributed by atoms with Crippen molar-refractivity contribution in [2.24, 2.45) is 0 Å². The molecule has 1 amide bonds. The third-order valence-corrected chi connectivity index (χ3v) is 6.54. The van der Waals surface area contributed by atoms with Gasteiger partial charge in [-0.15, -0.1) is 0 Å². The first kappa shape index (κ1) is 25.6. The van der Waals surface area contributed by atoms with E-state index in [-0.39, 0.29) is 23.4 Å². The highest BCUT2D eigenvalue weighted by molar-refractivity contribution is 6.46. The minimum atomic E-state index is -1.02. The Bertz CT molecular complexity index is 1170. The fraction of sp³-hybridized carbons (Fsp3) is 0.357. The number of amides is 1. The van der Waals surface area contributed by atoms with Gasteiger partial charge < -0.3 is 19.5 Å². The maximum atomic E-state index is 15.0. The summed E-state index contributed by atoms with van der Waals surface area (Å²) in [4.78, 5) is 30.0. The van der Waals surface area contributed by atoms with Crippen LogP contribution in [0.1, 0.15) is 29.2 Å². The number of carbonyl (C=O) groups is 2. The molecule has 190 valence electrons. The Labute approximate surface area is 210 Å². The highest BCUT2D eigenvalue weighted by Crippen LogP contribution is 2.41. The van der Waals surface area contributed by atoms with Crippen LogP contribution >= 0.6 is 0 Å². The zero-order valence-electron chi connectivity index (χ0n) is 20.4. The molecule has 2 aromatic carbocycles. The number of aliphatic hydroxyl groups excluding tert-OH is 1. The summed E-state index contributed by atoms with van der Waals surface area (Å²) < 4.78 is 25.9. The molecule has 0 spiro atoms. The predicted octanol–water partition coefficient (Wildman–Crippen LogP) is 3.84. The molecular formula is C28H31FN2O5. The molecule has 2 aliphatic rings. The minimum Gasteiger partial charge on any atom is -0.507 e. The molecule has 7 nitrogen and oxygen atoms in total. The van der Waals surface area contributed by atoms with E-state index in [1.165, 1.54) is 11.0 Å². The summed E-state index contributed by atoms with van der Waals surface area (Å²) in [5.41, 5.74) is 1.10. The molecule has 2 aliphatic heterocycles. The largest absolute Gasteiger partial charge is 0.507 e. The Morgan fingerprint density at radius 3 is 2.64 bits per heavy atom. The van der Waals surface area contributed by atoms with Crippen LogP contribution in [0.3, 0.4) is 0 Å². The van der Waals surface area contributed by atoms with Crippen molar-refractivity contribution in [1.82, 2.24) is 9.80 Å². The van der Waals surface area contributed by atoms with Gasteiger partial charge in [-0.3, -0.25) is 14.5 Å². The monoisotopic (exact) mass is 494 g/mol. The van der Waals surface area contributed by atoms with Gasteiger partial charge in [0.1, 0.15) is 23.9 Å². The van der Waals surface area contributed by atoms with Crippen molar-refractivity contribution in [3.63, 3.8) is 0 Å². The summed E-state index contributed by atoms with van der Waals surface area (Å²) >= 11 is 0. The Morgan fingerprint density at radius 2 is 1.94 bits per heavy atom. The standard InChI is InChI=1S/C28H31FN2O5/c1-3-15-36-20-9-10-21(19(2)18-20)26(32)24-25(22-7-4-5-8-23(22)29)31(28(34)27(24)33)12-6-11-30-13-16-35-17-14-30/h3-5,7-10,18,25,32H,1,6,11-17H2,2H3/t25-/m0/s1. The molecular weight excluding hydrogens is 463 g/mol.